The van der Waals surface area contributed by atoms with E-state index in [1.165, 1.54) is 0 Å². The Morgan fingerprint density at radius 2 is 1.95 bits per heavy atom. The van der Waals surface area contributed by atoms with Crippen molar-refractivity contribution < 1.29 is 22.4 Å². The number of ketones is 1. The quantitative estimate of drug-likeness (QED) is 0.629. The van der Waals surface area contributed by atoms with Gasteiger partial charge < -0.3 is 0 Å². The Morgan fingerprint density at radius 3 is 2.52 bits per heavy atom. The smallest absolute Gasteiger partial charge is 0.294 e. The van der Waals surface area contributed by atoms with E-state index >= 15 is 0 Å². The number of Topliss-reactive ketones (excluding diaryl/α,β-unsaturated/α-hetero) is 1. The molecule has 0 unspecified atom stereocenters. The monoisotopic (exact) mass is 297 g/mol. The van der Waals surface area contributed by atoms with Crippen molar-refractivity contribution in [1.29, 1.82) is 0 Å². The summed E-state index contributed by atoms with van der Waals surface area (Å²) in [4.78, 5) is 15.8. The average molecular weight is 297 g/mol. The van der Waals surface area contributed by atoms with E-state index in [0.29, 0.717) is 18.6 Å². The van der Waals surface area contributed by atoms with Gasteiger partial charge in [-0.05, 0) is 30.2 Å². The number of carbonyl (C=O) groups is 1. The number of rotatable bonds is 4. The first-order valence-corrected chi connectivity index (χ1v) is 6.17. The van der Waals surface area contributed by atoms with E-state index in [-0.39, 0.29) is 12.0 Å². The number of nitrogens with zero attached hydrogens (tertiary/aromatic N) is 1. The molecule has 2 rings (SSSR count). The molecule has 0 saturated carbocycles. The van der Waals surface area contributed by atoms with Gasteiger partial charge >= 0.3 is 6.18 Å². The van der Waals surface area contributed by atoms with Crippen LogP contribution >= 0.6 is 0 Å². The lowest BCUT2D eigenvalue weighted by Gasteiger charge is -2.09. The van der Waals surface area contributed by atoms with Crippen LogP contribution in [0.25, 0.3) is 0 Å². The number of pyridine rings is 1. The molecule has 6 heteroatoms. The van der Waals surface area contributed by atoms with E-state index in [0.717, 1.165) is 11.6 Å². The minimum atomic E-state index is -4.76. The number of hydrogen-bond donors (Lipinski definition) is 0. The zero-order valence-corrected chi connectivity index (χ0v) is 10.8. The van der Waals surface area contributed by atoms with E-state index in [1.807, 2.05) is 0 Å². The molecule has 0 N–H and O–H groups in total. The lowest BCUT2D eigenvalue weighted by Crippen LogP contribution is -2.10. The predicted molar refractivity (Wildman–Crippen MR) is 68.3 cm³/mol. The molecule has 0 spiro atoms. The first-order valence-electron chi connectivity index (χ1n) is 6.17. The van der Waals surface area contributed by atoms with Crippen LogP contribution < -0.4 is 0 Å². The minimum Gasteiger partial charge on any atom is -0.294 e. The molecular weight excluding hydrogens is 286 g/mol. The van der Waals surface area contributed by atoms with Crippen molar-refractivity contribution in [3.8, 4) is 0 Å². The third kappa shape index (κ3) is 3.87. The second-order valence-electron chi connectivity index (χ2n) is 4.48. The molecule has 0 aliphatic heterocycles. The summed E-state index contributed by atoms with van der Waals surface area (Å²) in [5.74, 6) is -1.85. The molecule has 0 radical (unpaired) electrons. The molecule has 0 saturated heterocycles. The Bertz CT molecular complexity index is 638. The Labute approximate surface area is 118 Å². The fourth-order valence-corrected chi connectivity index (χ4v) is 1.87. The zero-order valence-electron chi connectivity index (χ0n) is 10.8. The van der Waals surface area contributed by atoms with Crippen molar-refractivity contribution in [3.05, 3.63) is 65.2 Å². The first-order chi connectivity index (χ1) is 9.88. The largest absolute Gasteiger partial charge is 0.419 e. The molecule has 0 bridgehead atoms. The Kier molecular flexibility index (Phi) is 4.35. The molecule has 0 amide bonds. The number of aromatic nitrogens is 1. The molecule has 0 atom stereocenters. The zero-order chi connectivity index (χ0) is 15.5. The van der Waals surface area contributed by atoms with Crippen LogP contribution in [0.3, 0.4) is 0 Å². The highest BCUT2D eigenvalue weighted by Crippen LogP contribution is 2.31. The van der Waals surface area contributed by atoms with Crippen LogP contribution in [0.1, 0.15) is 27.9 Å². The van der Waals surface area contributed by atoms with Gasteiger partial charge in [-0.2, -0.15) is 13.2 Å². The van der Waals surface area contributed by atoms with Gasteiger partial charge in [-0.25, -0.2) is 4.39 Å². The van der Waals surface area contributed by atoms with Crippen molar-refractivity contribution >= 4 is 5.78 Å². The van der Waals surface area contributed by atoms with Gasteiger partial charge in [-0.15, -0.1) is 0 Å². The number of halogens is 4. The normalized spacial score (nSPS) is 11.4. The van der Waals surface area contributed by atoms with Crippen molar-refractivity contribution in [1.82, 2.24) is 4.98 Å². The summed E-state index contributed by atoms with van der Waals surface area (Å²) in [7, 11) is 0. The number of hydrogen-bond acceptors (Lipinski definition) is 2. The van der Waals surface area contributed by atoms with Gasteiger partial charge in [0.1, 0.15) is 5.82 Å². The summed E-state index contributed by atoms with van der Waals surface area (Å²) in [5, 5.41) is 0. The lowest BCUT2D eigenvalue weighted by molar-refractivity contribution is -0.140. The summed E-state index contributed by atoms with van der Waals surface area (Å²) in [6.07, 6.45) is -1.09. The van der Waals surface area contributed by atoms with Gasteiger partial charge in [0, 0.05) is 24.4 Å². The molecule has 21 heavy (non-hydrogen) atoms. The molecule has 1 aromatic heterocycles. The SMILES string of the molecule is O=C(CCc1cccnc1)c1ccc(C(F)(F)F)c(F)c1. The van der Waals surface area contributed by atoms with Gasteiger partial charge in [-0.3, -0.25) is 9.78 Å². The standard InChI is InChI=1S/C15H11F4NO/c16-13-8-11(4-5-12(13)15(17,18)19)14(21)6-3-10-2-1-7-20-9-10/h1-2,4-5,7-9H,3,6H2. The number of benzene rings is 1. The fourth-order valence-electron chi connectivity index (χ4n) is 1.87. The Hall–Kier alpha value is -2.24. The van der Waals surface area contributed by atoms with Gasteiger partial charge in [0.05, 0.1) is 5.56 Å². The van der Waals surface area contributed by atoms with Crippen LogP contribution in [-0.4, -0.2) is 10.8 Å². The molecule has 2 aromatic rings. The highest BCUT2D eigenvalue weighted by atomic mass is 19.4. The number of alkyl halides is 3. The number of carbonyl (C=O) groups excluding carboxylic acids is 1. The predicted octanol–water partition coefficient (Wildman–Crippen LogP) is 4.06. The first kappa shape index (κ1) is 15.2. The lowest BCUT2D eigenvalue weighted by atomic mass is 10.0. The van der Waals surface area contributed by atoms with Gasteiger partial charge in [0.2, 0.25) is 0 Å². The summed E-state index contributed by atoms with van der Waals surface area (Å²) >= 11 is 0. The second kappa shape index (κ2) is 6.03. The van der Waals surface area contributed by atoms with Gasteiger partial charge in [0.25, 0.3) is 0 Å². The van der Waals surface area contributed by atoms with Crippen LogP contribution in [-0.2, 0) is 12.6 Å². The second-order valence-corrected chi connectivity index (χ2v) is 4.48. The van der Waals surface area contributed by atoms with E-state index < -0.39 is 23.3 Å². The van der Waals surface area contributed by atoms with Crippen LogP contribution in [0.5, 0.6) is 0 Å². The highest BCUT2D eigenvalue weighted by molar-refractivity contribution is 5.96. The van der Waals surface area contributed by atoms with Crippen molar-refractivity contribution in [2.45, 2.75) is 19.0 Å². The van der Waals surface area contributed by atoms with Crippen molar-refractivity contribution in [2.24, 2.45) is 0 Å². The van der Waals surface area contributed by atoms with Crippen molar-refractivity contribution in [2.75, 3.05) is 0 Å². The van der Waals surface area contributed by atoms with Gasteiger partial charge in [0.15, 0.2) is 5.78 Å². The maximum atomic E-state index is 13.4. The van der Waals surface area contributed by atoms with Crippen LogP contribution in [0, 0.1) is 5.82 Å². The Balaban J connectivity index is 2.08. The van der Waals surface area contributed by atoms with E-state index in [4.69, 9.17) is 0 Å². The molecule has 0 aliphatic rings. The highest BCUT2D eigenvalue weighted by Gasteiger charge is 2.34. The number of aryl methyl sites for hydroxylation is 1. The van der Waals surface area contributed by atoms with Crippen molar-refractivity contribution in [3.63, 3.8) is 0 Å². The average Bonchev–Trinajstić information content (AvgIpc) is 2.44. The fraction of sp³-hybridized carbons (Fsp3) is 0.200. The minimum absolute atomic E-state index is 0.0654. The molecule has 2 nitrogen and oxygen atoms in total. The Morgan fingerprint density at radius 1 is 1.19 bits per heavy atom. The van der Waals surface area contributed by atoms with E-state index in [2.05, 4.69) is 4.98 Å². The summed E-state index contributed by atoms with van der Waals surface area (Å²) < 4.78 is 50.6. The third-order valence-electron chi connectivity index (χ3n) is 2.96. The summed E-state index contributed by atoms with van der Waals surface area (Å²) in [5.41, 5.74) is -0.603. The van der Waals surface area contributed by atoms with E-state index in [9.17, 15) is 22.4 Å². The molecule has 0 fully saturated rings. The topological polar surface area (TPSA) is 30.0 Å². The maximum absolute atomic E-state index is 13.4. The van der Waals surface area contributed by atoms with Crippen LogP contribution in [0.4, 0.5) is 17.6 Å². The molecule has 1 heterocycles. The third-order valence-corrected chi connectivity index (χ3v) is 2.96. The molecule has 0 aliphatic carbocycles. The summed E-state index contributed by atoms with van der Waals surface area (Å²) in [6, 6.07) is 5.73. The molecule has 110 valence electrons. The summed E-state index contributed by atoms with van der Waals surface area (Å²) in [6.45, 7) is 0. The molecular formula is C15H11F4NO. The van der Waals surface area contributed by atoms with E-state index in [1.54, 1.807) is 24.5 Å². The van der Waals surface area contributed by atoms with Crippen LogP contribution in [0.2, 0.25) is 0 Å². The van der Waals surface area contributed by atoms with Gasteiger partial charge in [-0.1, -0.05) is 12.1 Å². The van der Waals surface area contributed by atoms with Crippen LogP contribution in [0.15, 0.2) is 42.7 Å². The maximum Gasteiger partial charge on any atom is 0.419 e. The molecule has 1 aromatic carbocycles.